The van der Waals surface area contributed by atoms with E-state index in [1.165, 1.54) is 0 Å². The first-order chi connectivity index (χ1) is 3.95. The van der Waals surface area contributed by atoms with Gasteiger partial charge in [0.15, 0.2) is 0 Å². The number of hydrogen-bond donors (Lipinski definition) is 0. The number of terminal acetylenes is 1. The SMILES string of the molecule is C#CN(C)CC(C)(C)C. The number of nitrogens with zero attached hydrogens (tertiary/aromatic N) is 1. The van der Waals surface area contributed by atoms with E-state index < -0.39 is 0 Å². The molecule has 0 saturated heterocycles. The molecule has 0 heterocycles. The lowest BCUT2D eigenvalue weighted by Crippen LogP contribution is -2.25. The Labute approximate surface area is 58.1 Å². The molecular formula is C8H15N. The third-order valence-electron chi connectivity index (χ3n) is 0.932. The Kier molecular flexibility index (Phi) is 2.58. The predicted octanol–water partition coefficient (Wildman–Crippen LogP) is 1.56. The van der Waals surface area contributed by atoms with Crippen LogP contribution in [-0.2, 0) is 0 Å². The minimum absolute atomic E-state index is 0.307. The molecule has 0 spiro atoms. The Morgan fingerprint density at radius 2 is 1.89 bits per heavy atom. The molecule has 0 unspecified atom stereocenters. The standard InChI is InChI=1S/C8H15N/c1-6-9(5)7-8(2,3)4/h1H,7H2,2-5H3. The zero-order valence-electron chi connectivity index (χ0n) is 6.73. The van der Waals surface area contributed by atoms with Gasteiger partial charge in [-0.1, -0.05) is 27.2 Å². The van der Waals surface area contributed by atoms with Crippen LogP contribution < -0.4 is 0 Å². The Balaban J connectivity index is 3.63. The first-order valence-corrected chi connectivity index (χ1v) is 3.13. The Morgan fingerprint density at radius 1 is 1.44 bits per heavy atom. The van der Waals surface area contributed by atoms with Crippen LogP contribution in [0.3, 0.4) is 0 Å². The summed E-state index contributed by atoms with van der Waals surface area (Å²) in [6, 6.07) is 2.55. The fraction of sp³-hybridized carbons (Fsp3) is 0.750. The monoisotopic (exact) mass is 125 g/mol. The van der Waals surface area contributed by atoms with Crippen LogP contribution >= 0.6 is 0 Å². The van der Waals surface area contributed by atoms with Gasteiger partial charge in [-0.15, -0.1) is 0 Å². The quantitative estimate of drug-likeness (QED) is 0.379. The smallest absolute Gasteiger partial charge is 0.0305 e. The third kappa shape index (κ3) is 5.23. The topological polar surface area (TPSA) is 3.24 Å². The molecule has 1 heteroatoms. The Bertz CT molecular complexity index is 114. The molecule has 9 heavy (non-hydrogen) atoms. The maximum atomic E-state index is 5.16. The molecule has 0 aromatic heterocycles. The zero-order valence-corrected chi connectivity index (χ0v) is 6.73. The minimum Gasteiger partial charge on any atom is -0.335 e. The summed E-state index contributed by atoms with van der Waals surface area (Å²) in [6.45, 7) is 7.45. The van der Waals surface area contributed by atoms with Crippen LogP contribution in [0.25, 0.3) is 0 Å². The van der Waals surface area contributed by atoms with Crippen molar-refractivity contribution in [3.63, 3.8) is 0 Å². The summed E-state index contributed by atoms with van der Waals surface area (Å²) in [5.41, 5.74) is 0.307. The van der Waals surface area contributed by atoms with E-state index in [1.54, 1.807) is 0 Å². The summed E-state index contributed by atoms with van der Waals surface area (Å²) in [6.07, 6.45) is 5.16. The van der Waals surface area contributed by atoms with E-state index in [-0.39, 0.29) is 0 Å². The summed E-state index contributed by atoms with van der Waals surface area (Å²) in [5, 5.41) is 0. The van der Waals surface area contributed by atoms with Crippen LogP contribution in [0.1, 0.15) is 20.8 Å². The minimum atomic E-state index is 0.307. The van der Waals surface area contributed by atoms with Gasteiger partial charge >= 0.3 is 0 Å². The van der Waals surface area contributed by atoms with Crippen LogP contribution in [0.4, 0.5) is 0 Å². The molecule has 0 aromatic rings. The first kappa shape index (κ1) is 8.36. The predicted molar refractivity (Wildman–Crippen MR) is 40.9 cm³/mol. The van der Waals surface area contributed by atoms with Crippen LogP contribution in [0.5, 0.6) is 0 Å². The second-order valence-corrected chi connectivity index (χ2v) is 3.55. The molecule has 0 saturated carbocycles. The molecule has 0 amide bonds. The van der Waals surface area contributed by atoms with Crippen molar-refractivity contribution >= 4 is 0 Å². The molecular weight excluding hydrogens is 110 g/mol. The van der Waals surface area contributed by atoms with Crippen molar-refractivity contribution in [1.82, 2.24) is 4.90 Å². The number of rotatable bonds is 1. The van der Waals surface area contributed by atoms with Crippen molar-refractivity contribution in [2.45, 2.75) is 20.8 Å². The maximum Gasteiger partial charge on any atom is 0.0305 e. The molecule has 0 aromatic carbocycles. The third-order valence-corrected chi connectivity index (χ3v) is 0.932. The first-order valence-electron chi connectivity index (χ1n) is 3.13. The molecule has 0 bridgehead atoms. The van der Waals surface area contributed by atoms with E-state index in [0.29, 0.717) is 5.41 Å². The van der Waals surface area contributed by atoms with Gasteiger partial charge in [0.1, 0.15) is 0 Å². The summed E-state index contributed by atoms with van der Waals surface area (Å²) < 4.78 is 0. The van der Waals surface area contributed by atoms with Crippen LogP contribution in [0.15, 0.2) is 0 Å². The molecule has 0 aliphatic rings. The highest BCUT2D eigenvalue weighted by molar-refractivity contribution is 4.84. The van der Waals surface area contributed by atoms with Crippen molar-refractivity contribution in [3.05, 3.63) is 0 Å². The lowest BCUT2D eigenvalue weighted by molar-refractivity contribution is 0.296. The Hall–Kier alpha value is -0.640. The molecule has 52 valence electrons. The van der Waals surface area contributed by atoms with Gasteiger partial charge in [-0.3, -0.25) is 0 Å². The van der Waals surface area contributed by atoms with E-state index in [0.717, 1.165) is 6.54 Å². The molecule has 0 aliphatic heterocycles. The van der Waals surface area contributed by atoms with Crippen molar-refractivity contribution < 1.29 is 0 Å². The van der Waals surface area contributed by atoms with E-state index in [9.17, 15) is 0 Å². The molecule has 1 nitrogen and oxygen atoms in total. The highest BCUT2D eigenvalue weighted by Gasteiger charge is 2.10. The van der Waals surface area contributed by atoms with Gasteiger partial charge in [-0.25, -0.2) is 0 Å². The lowest BCUT2D eigenvalue weighted by Gasteiger charge is -2.22. The highest BCUT2D eigenvalue weighted by Crippen LogP contribution is 2.12. The fourth-order valence-electron chi connectivity index (χ4n) is 0.757. The van der Waals surface area contributed by atoms with Gasteiger partial charge in [0, 0.05) is 19.6 Å². The van der Waals surface area contributed by atoms with Crippen molar-refractivity contribution in [1.29, 1.82) is 0 Å². The largest absolute Gasteiger partial charge is 0.335 e. The average molecular weight is 125 g/mol. The summed E-state index contributed by atoms with van der Waals surface area (Å²) in [5.74, 6) is 0. The second-order valence-electron chi connectivity index (χ2n) is 3.55. The highest BCUT2D eigenvalue weighted by atomic mass is 15.1. The number of hydrogen-bond acceptors (Lipinski definition) is 1. The van der Waals surface area contributed by atoms with Gasteiger partial charge in [0.2, 0.25) is 0 Å². The molecule has 0 fully saturated rings. The van der Waals surface area contributed by atoms with Gasteiger partial charge in [-0.2, -0.15) is 0 Å². The van der Waals surface area contributed by atoms with E-state index in [1.807, 2.05) is 11.9 Å². The van der Waals surface area contributed by atoms with Crippen LogP contribution in [0.2, 0.25) is 0 Å². The van der Waals surface area contributed by atoms with E-state index in [4.69, 9.17) is 6.42 Å². The second kappa shape index (κ2) is 2.77. The van der Waals surface area contributed by atoms with Crippen LogP contribution in [-0.4, -0.2) is 18.5 Å². The molecule has 0 aliphatic carbocycles. The van der Waals surface area contributed by atoms with Gasteiger partial charge in [0.05, 0.1) is 0 Å². The molecule has 0 atom stereocenters. The zero-order chi connectivity index (χ0) is 7.49. The van der Waals surface area contributed by atoms with Gasteiger partial charge < -0.3 is 4.90 Å². The lowest BCUT2D eigenvalue weighted by atomic mass is 9.97. The molecule has 0 rings (SSSR count). The molecule has 0 radical (unpaired) electrons. The normalized spacial score (nSPS) is 10.6. The fourth-order valence-corrected chi connectivity index (χ4v) is 0.757. The molecule has 0 N–H and O–H groups in total. The van der Waals surface area contributed by atoms with Crippen LogP contribution in [0, 0.1) is 17.9 Å². The van der Waals surface area contributed by atoms with E-state index >= 15 is 0 Å². The Morgan fingerprint density at radius 3 is 2.00 bits per heavy atom. The maximum absolute atomic E-state index is 5.16. The van der Waals surface area contributed by atoms with E-state index in [2.05, 4.69) is 26.8 Å². The summed E-state index contributed by atoms with van der Waals surface area (Å²) >= 11 is 0. The summed E-state index contributed by atoms with van der Waals surface area (Å²) in [7, 11) is 1.92. The van der Waals surface area contributed by atoms with Gasteiger partial charge in [-0.05, 0) is 5.41 Å². The average Bonchev–Trinajstić information content (AvgIpc) is 1.62. The summed E-state index contributed by atoms with van der Waals surface area (Å²) in [4.78, 5) is 1.86. The van der Waals surface area contributed by atoms with Crippen molar-refractivity contribution in [3.8, 4) is 12.5 Å². The van der Waals surface area contributed by atoms with Gasteiger partial charge in [0.25, 0.3) is 0 Å². The van der Waals surface area contributed by atoms with Crippen molar-refractivity contribution in [2.75, 3.05) is 13.6 Å². The van der Waals surface area contributed by atoms with Crippen molar-refractivity contribution in [2.24, 2.45) is 5.41 Å².